The second-order valence-electron chi connectivity index (χ2n) is 17.1. The van der Waals surface area contributed by atoms with E-state index in [0.29, 0.717) is 0 Å². The topological polar surface area (TPSA) is 6.48 Å². The molecule has 0 spiro atoms. The highest BCUT2D eigenvalue weighted by atomic mass is 32.1. The number of benzene rings is 7. The molecule has 58 heavy (non-hydrogen) atoms. The first kappa shape index (κ1) is 35.2. The SMILES string of the molecule is Cc1cc(N(c2ccccc2)c2csc3ccccc23)cc2c1-c1cc3c(cc1C2(C)C)-c1c(C)cc(N(c2ccccc2)c2csc4ccccc24)cc1C3(C)C. The number of rotatable bonds is 6. The Balaban J connectivity index is 1.06. The number of para-hydroxylation sites is 2. The van der Waals surface area contributed by atoms with Gasteiger partial charge < -0.3 is 9.80 Å². The molecule has 0 bridgehead atoms. The van der Waals surface area contributed by atoms with Gasteiger partial charge in [0.25, 0.3) is 0 Å². The second-order valence-corrected chi connectivity index (χ2v) is 19.0. The van der Waals surface area contributed by atoms with Crippen molar-refractivity contribution in [1.82, 2.24) is 0 Å². The molecule has 2 aliphatic carbocycles. The number of hydrogen-bond acceptors (Lipinski definition) is 4. The molecule has 0 unspecified atom stereocenters. The van der Waals surface area contributed by atoms with E-state index in [1.165, 1.54) is 110 Å². The molecule has 9 aromatic rings. The maximum atomic E-state index is 2.56. The minimum atomic E-state index is -0.190. The number of thiophene rings is 2. The predicted molar refractivity (Wildman–Crippen MR) is 251 cm³/mol. The minimum Gasteiger partial charge on any atom is -0.309 e. The van der Waals surface area contributed by atoms with Crippen molar-refractivity contribution in [2.75, 3.05) is 9.80 Å². The van der Waals surface area contributed by atoms with E-state index in [1.807, 2.05) is 22.7 Å². The van der Waals surface area contributed by atoms with Crippen LogP contribution in [0.5, 0.6) is 0 Å². The van der Waals surface area contributed by atoms with E-state index >= 15 is 0 Å². The molecule has 0 fully saturated rings. The zero-order valence-electron chi connectivity index (χ0n) is 33.7. The number of hydrogen-bond donors (Lipinski definition) is 0. The first-order valence-corrected chi connectivity index (χ1v) is 22.0. The number of nitrogens with zero attached hydrogens (tertiary/aromatic N) is 2. The van der Waals surface area contributed by atoms with Gasteiger partial charge in [-0.2, -0.15) is 0 Å². The molecule has 0 radical (unpaired) electrons. The minimum absolute atomic E-state index is 0.190. The highest BCUT2D eigenvalue weighted by Crippen LogP contribution is 2.59. The van der Waals surface area contributed by atoms with Crippen molar-refractivity contribution in [2.24, 2.45) is 0 Å². The lowest BCUT2D eigenvalue weighted by molar-refractivity contribution is 0.652. The quantitative estimate of drug-likeness (QED) is 0.166. The van der Waals surface area contributed by atoms with E-state index in [-0.39, 0.29) is 10.8 Å². The summed E-state index contributed by atoms with van der Waals surface area (Å²) < 4.78 is 2.60. The predicted octanol–water partition coefficient (Wildman–Crippen LogP) is 16.3. The van der Waals surface area contributed by atoms with Crippen LogP contribution in [0.25, 0.3) is 42.4 Å². The Kier molecular flexibility index (Phi) is 7.77. The van der Waals surface area contributed by atoms with Gasteiger partial charge in [0, 0.05) is 64.5 Å². The number of anilines is 6. The zero-order chi connectivity index (χ0) is 39.5. The van der Waals surface area contributed by atoms with Crippen molar-refractivity contribution in [3.05, 3.63) is 190 Å². The van der Waals surface area contributed by atoms with Gasteiger partial charge >= 0.3 is 0 Å². The fourth-order valence-electron chi connectivity index (χ4n) is 10.1. The third kappa shape index (κ3) is 5.08. The maximum Gasteiger partial charge on any atom is 0.0647 e. The van der Waals surface area contributed by atoms with Crippen molar-refractivity contribution in [3.8, 4) is 22.3 Å². The lowest BCUT2D eigenvalue weighted by Gasteiger charge is -2.28. The van der Waals surface area contributed by atoms with Crippen LogP contribution < -0.4 is 9.80 Å². The summed E-state index contributed by atoms with van der Waals surface area (Å²) in [7, 11) is 0. The molecular formula is C54H44N2S2. The van der Waals surface area contributed by atoms with Gasteiger partial charge in [-0.3, -0.25) is 0 Å². The Hall–Kier alpha value is -5.94. The summed E-state index contributed by atoms with van der Waals surface area (Å²) in [5.41, 5.74) is 20.6. The van der Waals surface area contributed by atoms with Gasteiger partial charge in [-0.25, -0.2) is 0 Å². The van der Waals surface area contributed by atoms with Crippen LogP contribution in [0.3, 0.4) is 0 Å². The van der Waals surface area contributed by atoms with E-state index in [4.69, 9.17) is 0 Å². The Morgan fingerprint density at radius 1 is 0.397 bits per heavy atom. The van der Waals surface area contributed by atoms with E-state index < -0.39 is 0 Å². The van der Waals surface area contributed by atoms with E-state index in [9.17, 15) is 0 Å². The summed E-state index contributed by atoms with van der Waals surface area (Å²) in [5, 5.41) is 7.20. The maximum absolute atomic E-state index is 2.56. The molecule has 282 valence electrons. The standard InChI is InChI=1S/C54H44N2S2/c1-33-25-37(55(35-17-9-7-10-18-35)47-31-57-49-23-15-13-21-39(47)49)27-45-51(33)41-29-44-42(30-43(41)53(45,3)4)52-34(2)26-38(28-46(52)54(44,5)6)56(36-19-11-8-12-20-36)48-32-58-50-24-16-14-22-40(48)50/h7-32H,1-6H3. The summed E-state index contributed by atoms with van der Waals surface area (Å²) in [5.74, 6) is 0. The summed E-state index contributed by atoms with van der Waals surface area (Å²) >= 11 is 3.63. The second kappa shape index (κ2) is 12.8. The van der Waals surface area contributed by atoms with Crippen LogP contribution >= 0.6 is 22.7 Å². The van der Waals surface area contributed by atoms with E-state index in [0.717, 1.165) is 0 Å². The average molecular weight is 785 g/mol. The normalized spacial score (nSPS) is 14.3. The Morgan fingerprint density at radius 2 is 0.776 bits per heavy atom. The first-order chi connectivity index (χ1) is 28.1. The molecule has 0 amide bonds. The Morgan fingerprint density at radius 3 is 1.19 bits per heavy atom. The van der Waals surface area contributed by atoms with Crippen molar-refractivity contribution in [2.45, 2.75) is 52.4 Å². The molecule has 0 aliphatic heterocycles. The van der Waals surface area contributed by atoms with Crippen LogP contribution in [0.2, 0.25) is 0 Å². The first-order valence-electron chi connectivity index (χ1n) is 20.2. The van der Waals surface area contributed by atoms with Crippen molar-refractivity contribution in [3.63, 3.8) is 0 Å². The Bertz CT molecular complexity index is 2880. The highest BCUT2D eigenvalue weighted by molar-refractivity contribution is 7.18. The van der Waals surface area contributed by atoms with E-state index in [2.05, 4.69) is 208 Å². The molecule has 2 aliphatic rings. The molecule has 2 heterocycles. The summed E-state index contributed by atoms with van der Waals surface area (Å²) in [6, 6.07) is 54.2. The fraction of sp³-hybridized carbons (Fsp3) is 0.148. The lowest BCUT2D eigenvalue weighted by atomic mass is 9.79. The van der Waals surface area contributed by atoms with Crippen LogP contribution in [-0.4, -0.2) is 0 Å². The molecule has 0 saturated heterocycles. The van der Waals surface area contributed by atoms with Gasteiger partial charge in [-0.05, 0) is 142 Å². The van der Waals surface area contributed by atoms with Gasteiger partial charge in [-0.1, -0.05) is 100 Å². The third-order valence-corrected chi connectivity index (χ3v) is 14.9. The van der Waals surface area contributed by atoms with Crippen LogP contribution in [0, 0.1) is 13.8 Å². The van der Waals surface area contributed by atoms with Gasteiger partial charge in [-0.15, -0.1) is 22.7 Å². The number of fused-ring (bicyclic) bond motifs is 8. The smallest absolute Gasteiger partial charge is 0.0647 e. The van der Waals surface area contributed by atoms with Crippen LogP contribution in [-0.2, 0) is 10.8 Å². The average Bonchev–Trinajstić information content (AvgIpc) is 3.96. The molecule has 2 nitrogen and oxygen atoms in total. The van der Waals surface area contributed by atoms with Crippen molar-refractivity contribution >= 4 is 77.0 Å². The highest BCUT2D eigenvalue weighted by Gasteiger charge is 2.43. The van der Waals surface area contributed by atoms with Crippen molar-refractivity contribution < 1.29 is 0 Å². The van der Waals surface area contributed by atoms with Crippen LogP contribution in [0.15, 0.2) is 156 Å². The molecule has 0 N–H and O–H groups in total. The molecule has 0 atom stereocenters. The molecule has 0 saturated carbocycles. The molecule has 4 heteroatoms. The summed E-state index contributed by atoms with van der Waals surface area (Å²) in [6.45, 7) is 14.4. The largest absolute Gasteiger partial charge is 0.309 e. The lowest BCUT2D eigenvalue weighted by Crippen LogP contribution is -2.18. The Labute approximate surface area is 349 Å². The summed E-state index contributed by atoms with van der Waals surface area (Å²) in [4.78, 5) is 4.92. The van der Waals surface area contributed by atoms with Crippen LogP contribution in [0.1, 0.15) is 61.1 Å². The molecular weight excluding hydrogens is 741 g/mol. The zero-order valence-corrected chi connectivity index (χ0v) is 35.4. The third-order valence-electron chi connectivity index (χ3n) is 13.0. The fourth-order valence-corrected chi connectivity index (χ4v) is 12.0. The summed E-state index contributed by atoms with van der Waals surface area (Å²) in [6.07, 6.45) is 0. The van der Waals surface area contributed by atoms with E-state index in [1.54, 1.807) is 0 Å². The van der Waals surface area contributed by atoms with Gasteiger partial charge in [0.2, 0.25) is 0 Å². The molecule has 2 aromatic heterocycles. The van der Waals surface area contributed by atoms with Gasteiger partial charge in [0.1, 0.15) is 0 Å². The van der Waals surface area contributed by atoms with Gasteiger partial charge in [0.05, 0.1) is 11.4 Å². The van der Waals surface area contributed by atoms with Crippen molar-refractivity contribution in [1.29, 1.82) is 0 Å². The van der Waals surface area contributed by atoms with Crippen LogP contribution in [0.4, 0.5) is 34.1 Å². The number of aryl methyl sites for hydroxylation is 2. The molecule has 11 rings (SSSR count). The molecule has 7 aromatic carbocycles. The monoisotopic (exact) mass is 784 g/mol. The van der Waals surface area contributed by atoms with Gasteiger partial charge in [0.15, 0.2) is 0 Å².